The maximum Gasteiger partial charge on any atom is 0.137 e. The third-order valence-electron chi connectivity index (χ3n) is 3.43. The lowest BCUT2D eigenvalue weighted by Gasteiger charge is -2.26. The molecule has 1 fully saturated rings. The average molecular weight is 271 g/mol. The predicted molar refractivity (Wildman–Crippen MR) is 64.5 cm³/mol. The number of benzene rings is 1. The maximum absolute atomic E-state index is 13.4. The van der Waals surface area contributed by atoms with Gasteiger partial charge in [0, 0.05) is 0 Å². The number of rotatable bonds is 1. The molecule has 0 atom stereocenters. The highest BCUT2D eigenvalue weighted by molar-refractivity contribution is 9.10. The van der Waals surface area contributed by atoms with Crippen molar-refractivity contribution in [2.75, 3.05) is 0 Å². The quantitative estimate of drug-likeness (QED) is 0.682. The SMILES string of the molecule is CC1CCC(c2ccc(Br)c(F)c2)CC1. The molecular weight excluding hydrogens is 255 g/mol. The number of halogens is 2. The van der Waals surface area contributed by atoms with Crippen molar-refractivity contribution in [1.82, 2.24) is 0 Å². The Kier molecular flexibility index (Phi) is 3.45. The van der Waals surface area contributed by atoms with Gasteiger partial charge in [-0.05, 0) is 58.3 Å². The van der Waals surface area contributed by atoms with Crippen LogP contribution in [0.15, 0.2) is 22.7 Å². The second kappa shape index (κ2) is 4.65. The summed E-state index contributed by atoms with van der Waals surface area (Å²) in [6, 6.07) is 5.56. The minimum Gasteiger partial charge on any atom is -0.206 e. The summed E-state index contributed by atoms with van der Waals surface area (Å²) >= 11 is 3.19. The summed E-state index contributed by atoms with van der Waals surface area (Å²) < 4.78 is 13.9. The molecule has 2 rings (SSSR count). The monoisotopic (exact) mass is 270 g/mol. The average Bonchev–Trinajstić information content (AvgIpc) is 2.23. The molecule has 1 saturated carbocycles. The van der Waals surface area contributed by atoms with E-state index >= 15 is 0 Å². The first-order valence-corrected chi connectivity index (χ1v) is 6.41. The first kappa shape index (κ1) is 11.1. The van der Waals surface area contributed by atoms with Crippen LogP contribution in [0, 0.1) is 11.7 Å². The Morgan fingerprint density at radius 1 is 1.20 bits per heavy atom. The summed E-state index contributed by atoms with van der Waals surface area (Å²) in [7, 11) is 0. The number of hydrogen-bond acceptors (Lipinski definition) is 0. The molecule has 0 radical (unpaired) electrons. The Balaban J connectivity index is 2.12. The third kappa shape index (κ3) is 2.60. The zero-order valence-electron chi connectivity index (χ0n) is 8.97. The van der Waals surface area contributed by atoms with Gasteiger partial charge in [-0.15, -0.1) is 0 Å². The van der Waals surface area contributed by atoms with Crippen LogP contribution in [0.25, 0.3) is 0 Å². The van der Waals surface area contributed by atoms with E-state index in [-0.39, 0.29) is 5.82 Å². The molecule has 82 valence electrons. The Hall–Kier alpha value is -0.370. The van der Waals surface area contributed by atoms with Crippen molar-refractivity contribution in [3.63, 3.8) is 0 Å². The van der Waals surface area contributed by atoms with E-state index in [0.717, 1.165) is 5.92 Å². The van der Waals surface area contributed by atoms with Gasteiger partial charge in [0.15, 0.2) is 0 Å². The molecular formula is C13H16BrF. The highest BCUT2D eigenvalue weighted by Crippen LogP contribution is 2.36. The maximum atomic E-state index is 13.4. The normalized spacial score (nSPS) is 26.6. The van der Waals surface area contributed by atoms with E-state index in [2.05, 4.69) is 22.9 Å². The minimum absolute atomic E-state index is 0.133. The van der Waals surface area contributed by atoms with Crippen molar-refractivity contribution in [2.24, 2.45) is 5.92 Å². The van der Waals surface area contributed by atoms with Crippen LogP contribution in [-0.2, 0) is 0 Å². The molecule has 0 amide bonds. The number of hydrogen-bond donors (Lipinski definition) is 0. The van der Waals surface area contributed by atoms with E-state index in [1.807, 2.05) is 12.1 Å². The lowest BCUT2D eigenvalue weighted by molar-refractivity contribution is 0.347. The van der Waals surface area contributed by atoms with E-state index < -0.39 is 0 Å². The largest absolute Gasteiger partial charge is 0.206 e. The molecule has 15 heavy (non-hydrogen) atoms. The first-order valence-electron chi connectivity index (χ1n) is 5.62. The molecule has 1 aliphatic carbocycles. The highest BCUT2D eigenvalue weighted by atomic mass is 79.9. The zero-order valence-corrected chi connectivity index (χ0v) is 10.6. The standard InChI is InChI=1S/C13H16BrF/c1-9-2-4-10(5-3-9)11-6-7-12(14)13(15)8-11/h6-10H,2-5H2,1H3. The van der Waals surface area contributed by atoms with Crippen LogP contribution in [0.1, 0.15) is 44.1 Å². The Labute approximate surface area is 99.0 Å². The van der Waals surface area contributed by atoms with Crippen LogP contribution in [0.2, 0.25) is 0 Å². The fourth-order valence-electron chi connectivity index (χ4n) is 2.36. The van der Waals surface area contributed by atoms with Gasteiger partial charge in [-0.25, -0.2) is 4.39 Å². The van der Waals surface area contributed by atoms with E-state index in [9.17, 15) is 4.39 Å². The molecule has 0 N–H and O–H groups in total. The van der Waals surface area contributed by atoms with Crippen LogP contribution < -0.4 is 0 Å². The molecule has 2 heteroatoms. The zero-order chi connectivity index (χ0) is 10.8. The lowest BCUT2D eigenvalue weighted by atomic mass is 9.79. The van der Waals surface area contributed by atoms with Gasteiger partial charge < -0.3 is 0 Å². The lowest BCUT2D eigenvalue weighted by Crippen LogP contribution is -2.10. The molecule has 1 aromatic rings. The van der Waals surface area contributed by atoms with Crippen LogP contribution in [0.3, 0.4) is 0 Å². The molecule has 0 unspecified atom stereocenters. The second-order valence-electron chi connectivity index (χ2n) is 4.63. The van der Waals surface area contributed by atoms with E-state index in [1.54, 1.807) is 6.07 Å². The molecule has 0 nitrogen and oxygen atoms in total. The summed E-state index contributed by atoms with van der Waals surface area (Å²) in [4.78, 5) is 0. The second-order valence-corrected chi connectivity index (χ2v) is 5.48. The summed E-state index contributed by atoms with van der Waals surface area (Å²) in [5.74, 6) is 1.29. The third-order valence-corrected chi connectivity index (χ3v) is 4.07. The van der Waals surface area contributed by atoms with Crippen LogP contribution in [0.5, 0.6) is 0 Å². The topological polar surface area (TPSA) is 0 Å². The van der Waals surface area contributed by atoms with Crippen molar-refractivity contribution >= 4 is 15.9 Å². The van der Waals surface area contributed by atoms with Gasteiger partial charge in [0.1, 0.15) is 5.82 Å². The Morgan fingerprint density at radius 3 is 2.47 bits per heavy atom. The Morgan fingerprint density at radius 2 is 1.87 bits per heavy atom. The fourth-order valence-corrected chi connectivity index (χ4v) is 2.61. The van der Waals surface area contributed by atoms with Crippen molar-refractivity contribution in [2.45, 2.75) is 38.5 Å². The summed E-state index contributed by atoms with van der Waals surface area (Å²) in [5, 5.41) is 0. The smallest absolute Gasteiger partial charge is 0.137 e. The minimum atomic E-state index is -0.133. The summed E-state index contributed by atoms with van der Waals surface area (Å²) in [6.07, 6.45) is 4.98. The van der Waals surface area contributed by atoms with Gasteiger partial charge in [-0.2, -0.15) is 0 Å². The molecule has 1 aromatic carbocycles. The Bertz CT molecular complexity index is 340. The van der Waals surface area contributed by atoms with Crippen molar-refractivity contribution in [1.29, 1.82) is 0 Å². The molecule has 0 bridgehead atoms. The summed E-state index contributed by atoms with van der Waals surface area (Å²) in [6.45, 7) is 2.30. The summed E-state index contributed by atoms with van der Waals surface area (Å²) in [5.41, 5.74) is 1.17. The molecule has 0 aliphatic heterocycles. The van der Waals surface area contributed by atoms with Crippen LogP contribution in [0.4, 0.5) is 4.39 Å². The molecule has 0 heterocycles. The molecule has 0 saturated heterocycles. The van der Waals surface area contributed by atoms with Crippen molar-refractivity contribution in [3.8, 4) is 0 Å². The van der Waals surface area contributed by atoms with Crippen LogP contribution in [-0.4, -0.2) is 0 Å². The molecule has 0 spiro atoms. The van der Waals surface area contributed by atoms with Gasteiger partial charge in [-0.3, -0.25) is 0 Å². The van der Waals surface area contributed by atoms with Crippen molar-refractivity contribution in [3.05, 3.63) is 34.1 Å². The van der Waals surface area contributed by atoms with Gasteiger partial charge in [0.05, 0.1) is 4.47 Å². The van der Waals surface area contributed by atoms with Crippen LogP contribution >= 0.6 is 15.9 Å². The van der Waals surface area contributed by atoms with E-state index in [0.29, 0.717) is 10.4 Å². The fraction of sp³-hybridized carbons (Fsp3) is 0.538. The highest BCUT2D eigenvalue weighted by Gasteiger charge is 2.20. The van der Waals surface area contributed by atoms with Gasteiger partial charge in [-0.1, -0.05) is 25.8 Å². The van der Waals surface area contributed by atoms with Gasteiger partial charge in [0.25, 0.3) is 0 Å². The first-order chi connectivity index (χ1) is 7.16. The van der Waals surface area contributed by atoms with E-state index in [4.69, 9.17) is 0 Å². The van der Waals surface area contributed by atoms with E-state index in [1.165, 1.54) is 31.2 Å². The van der Waals surface area contributed by atoms with Crippen molar-refractivity contribution < 1.29 is 4.39 Å². The van der Waals surface area contributed by atoms with Gasteiger partial charge in [0.2, 0.25) is 0 Å². The molecule has 1 aliphatic rings. The predicted octanol–water partition coefficient (Wildman–Crippen LogP) is 4.88. The van der Waals surface area contributed by atoms with Gasteiger partial charge >= 0.3 is 0 Å². The molecule has 0 aromatic heterocycles.